The molecule has 1 rings (SSSR count). The lowest BCUT2D eigenvalue weighted by molar-refractivity contribution is -0.120. The second-order valence-corrected chi connectivity index (χ2v) is 4.45. The van der Waals surface area contributed by atoms with Crippen LogP contribution in [0.5, 0.6) is 0 Å². The van der Waals surface area contributed by atoms with Gasteiger partial charge in [-0.25, -0.2) is 0 Å². The Hall–Kier alpha value is -1.35. The summed E-state index contributed by atoms with van der Waals surface area (Å²) in [6.45, 7) is 8.09. The molecule has 0 unspecified atom stereocenters. The third-order valence-electron chi connectivity index (χ3n) is 2.47. The number of amides is 1. The average molecular weight is 234 g/mol. The molecule has 3 nitrogen and oxygen atoms in total. The Labute approximate surface area is 104 Å². The lowest BCUT2D eigenvalue weighted by atomic mass is 10.1. The standard InChI is InChI=1S/C14H22N2O/c1-4-5-16-14(17)10-15-9-13-7-11(2)6-12(3)8-13/h6-8,15H,4-5,9-10H2,1-3H3,(H,16,17). The van der Waals surface area contributed by atoms with Crippen LogP contribution in [0.25, 0.3) is 0 Å². The van der Waals surface area contributed by atoms with E-state index in [1.807, 2.05) is 6.92 Å². The van der Waals surface area contributed by atoms with Crippen molar-refractivity contribution in [3.63, 3.8) is 0 Å². The molecular formula is C14H22N2O. The molecule has 1 aromatic carbocycles. The fraction of sp³-hybridized carbons (Fsp3) is 0.500. The van der Waals surface area contributed by atoms with E-state index in [0.29, 0.717) is 6.54 Å². The van der Waals surface area contributed by atoms with E-state index in [1.54, 1.807) is 0 Å². The van der Waals surface area contributed by atoms with E-state index in [2.05, 4.69) is 42.7 Å². The molecule has 0 radical (unpaired) electrons. The van der Waals surface area contributed by atoms with Gasteiger partial charge >= 0.3 is 0 Å². The van der Waals surface area contributed by atoms with E-state index in [9.17, 15) is 4.79 Å². The van der Waals surface area contributed by atoms with Gasteiger partial charge in [-0.05, 0) is 25.8 Å². The molecule has 1 aromatic rings. The number of hydrogen-bond donors (Lipinski definition) is 2. The number of carbonyl (C=O) groups is 1. The fourth-order valence-corrected chi connectivity index (χ4v) is 1.82. The maximum Gasteiger partial charge on any atom is 0.233 e. The van der Waals surface area contributed by atoms with Crippen molar-refractivity contribution in [1.29, 1.82) is 0 Å². The summed E-state index contributed by atoms with van der Waals surface area (Å²) in [5.74, 6) is 0.0659. The van der Waals surface area contributed by atoms with Gasteiger partial charge in [0.1, 0.15) is 0 Å². The highest BCUT2D eigenvalue weighted by molar-refractivity contribution is 5.77. The van der Waals surface area contributed by atoms with Gasteiger partial charge in [0.25, 0.3) is 0 Å². The first-order chi connectivity index (χ1) is 8.11. The second-order valence-electron chi connectivity index (χ2n) is 4.45. The minimum atomic E-state index is 0.0659. The van der Waals surface area contributed by atoms with Gasteiger partial charge in [0.05, 0.1) is 6.54 Å². The fourth-order valence-electron chi connectivity index (χ4n) is 1.82. The molecule has 3 heteroatoms. The van der Waals surface area contributed by atoms with Crippen LogP contribution in [0.15, 0.2) is 18.2 Å². The first kappa shape index (κ1) is 13.7. The van der Waals surface area contributed by atoms with Crippen molar-refractivity contribution in [2.75, 3.05) is 13.1 Å². The molecule has 0 spiro atoms. The Balaban J connectivity index is 2.33. The molecule has 94 valence electrons. The molecule has 0 aromatic heterocycles. The summed E-state index contributed by atoms with van der Waals surface area (Å²) < 4.78 is 0. The van der Waals surface area contributed by atoms with Crippen molar-refractivity contribution in [1.82, 2.24) is 10.6 Å². The number of benzene rings is 1. The molecule has 0 atom stereocenters. The van der Waals surface area contributed by atoms with Crippen molar-refractivity contribution < 1.29 is 4.79 Å². The molecule has 0 saturated carbocycles. The van der Waals surface area contributed by atoms with Crippen LogP contribution in [-0.4, -0.2) is 19.0 Å². The molecule has 0 aliphatic carbocycles. The summed E-state index contributed by atoms with van der Waals surface area (Å²) in [6.07, 6.45) is 0.975. The Morgan fingerprint density at radius 3 is 2.41 bits per heavy atom. The summed E-state index contributed by atoms with van der Waals surface area (Å²) >= 11 is 0. The Morgan fingerprint density at radius 1 is 1.18 bits per heavy atom. The summed E-state index contributed by atoms with van der Waals surface area (Å²) in [5, 5.41) is 5.99. The van der Waals surface area contributed by atoms with Gasteiger partial charge in [0, 0.05) is 13.1 Å². The van der Waals surface area contributed by atoms with Gasteiger partial charge in [-0.2, -0.15) is 0 Å². The van der Waals surface area contributed by atoms with Crippen LogP contribution in [-0.2, 0) is 11.3 Å². The number of nitrogens with one attached hydrogen (secondary N) is 2. The van der Waals surface area contributed by atoms with Gasteiger partial charge in [-0.3, -0.25) is 4.79 Å². The Morgan fingerprint density at radius 2 is 1.82 bits per heavy atom. The van der Waals surface area contributed by atoms with E-state index in [-0.39, 0.29) is 5.91 Å². The highest BCUT2D eigenvalue weighted by Crippen LogP contribution is 2.08. The molecule has 0 saturated heterocycles. The highest BCUT2D eigenvalue weighted by Gasteiger charge is 2.00. The SMILES string of the molecule is CCCNC(=O)CNCc1cc(C)cc(C)c1. The van der Waals surface area contributed by atoms with E-state index in [1.165, 1.54) is 16.7 Å². The smallest absolute Gasteiger partial charge is 0.233 e. The number of rotatable bonds is 6. The summed E-state index contributed by atoms with van der Waals surface area (Å²) in [6, 6.07) is 6.44. The Bertz CT molecular complexity index is 354. The maximum absolute atomic E-state index is 11.4. The van der Waals surface area contributed by atoms with E-state index < -0.39 is 0 Å². The zero-order valence-electron chi connectivity index (χ0n) is 11.0. The number of aryl methyl sites for hydroxylation is 2. The molecule has 17 heavy (non-hydrogen) atoms. The first-order valence-corrected chi connectivity index (χ1v) is 6.16. The summed E-state index contributed by atoms with van der Waals surface area (Å²) in [7, 11) is 0. The predicted octanol–water partition coefficient (Wildman–Crippen LogP) is 1.92. The van der Waals surface area contributed by atoms with E-state index >= 15 is 0 Å². The normalized spacial score (nSPS) is 10.3. The molecule has 0 fully saturated rings. The van der Waals surface area contributed by atoms with Crippen LogP contribution in [0.4, 0.5) is 0 Å². The number of carbonyl (C=O) groups excluding carboxylic acids is 1. The van der Waals surface area contributed by atoms with Crippen molar-refractivity contribution in [2.24, 2.45) is 0 Å². The average Bonchev–Trinajstić information content (AvgIpc) is 2.25. The second kappa shape index (κ2) is 7.07. The lowest BCUT2D eigenvalue weighted by Crippen LogP contribution is -2.33. The van der Waals surface area contributed by atoms with E-state index in [0.717, 1.165) is 19.5 Å². The monoisotopic (exact) mass is 234 g/mol. The zero-order valence-corrected chi connectivity index (χ0v) is 11.0. The molecule has 1 amide bonds. The quantitative estimate of drug-likeness (QED) is 0.789. The molecule has 0 aliphatic rings. The molecule has 2 N–H and O–H groups in total. The van der Waals surface area contributed by atoms with Crippen LogP contribution in [0.3, 0.4) is 0 Å². The molecule has 0 heterocycles. The van der Waals surface area contributed by atoms with Crippen LogP contribution in [0.2, 0.25) is 0 Å². The van der Waals surface area contributed by atoms with Crippen LogP contribution < -0.4 is 10.6 Å². The van der Waals surface area contributed by atoms with Gasteiger partial charge in [-0.1, -0.05) is 36.2 Å². The van der Waals surface area contributed by atoms with Crippen LogP contribution >= 0.6 is 0 Å². The summed E-state index contributed by atoms with van der Waals surface area (Å²) in [5.41, 5.74) is 3.75. The van der Waals surface area contributed by atoms with Gasteiger partial charge in [0.2, 0.25) is 5.91 Å². The Kier molecular flexibility index (Phi) is 5.70. The molecular weight excluding hydrogens is 212 g/mol. The number of hydrogen-bond acceptors (Lipinski definition) is 2. The van der Waals surface area contributed by atoms with Crippen molar-refractivity contribution in [3.8, 4) is 0 Å². The van der Waals surface area contributed by atoms with Crippen molar-refractivity contribution in [3.05, 3.63) is 34.9 Å². The van der Waals surface area contributed by atoms with E-state index in [4.69, 9.17) is 0 Å². The van der Waals surface area contributed by atoms with Gasteiger partial charge in [-0.15, -0.1) is 0 Å². The van der Waals surface area contributed by atoms with Crippen LogP contribution in [0, 0.1) is 13.8 Å². The third kappa shape index (κ3) is 5.50. The largest absolute Gasteiger partial charge is 0.355 e. The predicted molar refractivity (Wildman–Crippen MR) is 70.9 cm³/mol. The summed E-state index contributed by atoms with van der Waals surface area (Å²) in [4.78, 5) is 11.4. The topological polar surface area (TPSA) is 41.1 Å². The first-order valence-electron chi connectivity index (χ1n) is 6.16. The van der Waals surface area contributed by atoms with Crippen LogP contribution in [0.1, 0.15) is 30.0 Å². The minimum absolute atomic E-state index is 0.0659. The highest BCUT2D eigenvalue weighted by atomic mass is 16.1. The minimum Gasteiger partial charge on any atom is -0.355 e. The molecule has 0 aliphatic heterocycles. The third-order valence-corrected chi connectivity index (χ3v) is 2.47. The zero-order chi connectivity index (χ0) is 12.7. The van der Waals surface area contributed by atoms with Crippen molar-refractivity contribution >= 4 is 5.91 Å². The van der Waals surface area contributed by atoms with Gasteiger partial charge in [0.15, 0.2) is 0 Å². The molecule has 0 bridgehead atoms. The maximum atomic E-state index is 11.4. The van der Waals surface area contributed by atoms with Gasteiger partial charge < -0.3 is 10.6 Å². The lowest BCUT2D eigenvalue weighted by Gasteiger charge is -2.07. The van der Waals surface area contributed by atoms with Crippen molar-refractivity contribution in [2.45, 2.75) is 33.7 Å².